The highest BCUT2D eigenvalue weighted by molar-refractivity contribution is 9.10. The van der Waals surface area contributed by atoms with Crippen LogP contribution in [0.5, 0.6) is 0 Å². The maximum Gasteiger partial charge on any atom is 0.166 e. The fourth-order valence-corrected chi connectivity index (χ4v) is 2.13. The lowest BCUT2D eigenvalue weighted by Gasteiger charge is -2.27. The molecule has 0 aliphatic carbocycles. The van der Waals surface area contributed by atoms with Crippen LogP contribution in [0.4, 0.5) is 5.82 Å². The number of halogens is 1. The van der Waals surface area contributed by atoms with Crippen LogP contribution in [0.15, 0.2) is 16.7 Å². The summed E-state index contributed by atoms with van der Waals surface area (Å²) in [7, 11) is 0. The Balaban J connectivity index is 2.22. The van der Waals surface area contributed by atoms with Crippen LogP contribution in [0, 0.1) is 6.92 Å². The SMILES string of the molecule is Cc1cnc(N2CCCCO2)c(Br)c1. The van der Waals surface area contributed by atoms with Gasteiger partial charge in [-0.25, -0.2) is 10.0 Å². The van der Waals surface area contributed by atoms with E-state index in [1.54, 1.807) is 0 Å². The van der Waals surface area contributed by atoms with Gasteiger partial charge in [-0.05, 0) is 47.3 Å². The molecule has 1 aliphatic rings. The van der Waals surface area contributed by atoms with Crippen molar-refractivity contribution in [1.29, 1.82) is 0 Å². The Hall–Kier alpha value is -0.610. The van der Waals surface area contributed by atoms with Gasteiger partial charge in [0, 0.05) is 12.7 Å². The minimum atomic E-state index is 0.794. The third kappa shape index (κ3) is 2.07. The second kappa shape index (κ2) is 4.28. The highest BCUT2D eigenvalue weighted by Crippen LogP contribution is 2.26. The van der Waals surface area contributed by atoms with Gasteiger partial charge in [-0.1, -0.05) is 0 Å². The Labute approximate surface area is 92.2 Å². The van der Waals surface area contributed by atoms with E-state index < -0.39 is 0 Å². The van der Waals surface area contributed by atoms with Gasteiger partial charge in [0.25, 0.3) is 0 Å². The number of hydrogen-bond donors (Lipinski definition) is 0. The van der Waals surface area contributed by atoms with E-state index in [0.29, 0.717) is 0 Å². The van der Waals surface area contributed by atoms with E-state index in [2.05, 4.69) is 27.0 Å². The van der Waals surface area contributed by atoms with Gasteiger partial charge in [-0.15, -0.1) is 0 Å². The molecule has 3 nitrogen and oxygen atoms in total. The quantitative estimate of drug-likeness (QED) is 0.773. The van der Waals surface area contributed by atoms with E-state index in [0.717, 1.165) is 35.4 Å². The predicted molar refractivity (Wildman–Crippen MR) is 59.2 cm³/mol. The Morgan fingerprint density at radius 2 is 2.36 bits per heavy atom. The molecule has 1 saturated heterocycles. The summed E-state index contributed by atoms with van der Waals surface area (Å²) < 4.78 is 0.999. The molecular formula is C10H13BrN2O. The highest BCUT2D eigenvalue weighted by Gasteiger charge is 2.15. The number of anilines is 1. The average molecular weight is 257 g/mol. The topological polar surface area (TPSA) is 25.4 Å². The Kier molecular flexibility index (Phi) is 3.03. The summed E-state index contributed by atoms with van der Waals surface area (Å²) in [5.74, 6) is 0.885. The number of hydrogen-bond acceptors (Lipinski definition) is 3. The van der Waals surface area contributed by atoms with Crippen LogP contribution in [0.25, 0.3) is 0 Å². The Morgan fingerprint density at radius 1 is 1.50 bits per heavy atom. The first-order valence-electron chi connectivity index (χ1n) is 4.80. The molecule has 0 spiro atoms. The predicted octanol–water partition coefficient (Wildman–Crippen LogP) is 2.68. The summed E-state index contributed by atoms with van der Waals surface area (Å²) >= 11 is 3.50. The molecule has 0 atom stereocenters. The Bertz CT molecular complexity index is 324. The molecular weight excluding hydrogens is 244 g/mol. The molecule has 0 bridgehead atoms. The first-order valence-corrected chi connectivity index (χ1v) is 5.59. The molecule has 0 N–H and O–H groups in total. The molecule has 0 amide bonds. The molecule has 76 valence electrons. The highest BCUT2D eigenvalue weighted by atomic mass is 79.9. The largest absolute Gasteiger partial charge is 0.272 e. The van der Waals surface area contributed by atoms with E-state index in [9.17, 15) is 0 Å². The van der Waals surface area contributed by atoms with Gasteiger partial charge in [0.05, 0.1) is 11.1 Å². The van der Waals surface area contributed by atoms with Crippen LogP contribution in [-0.4, -0.2) is 18.1 Å². The molecule has 14 heavy (non-hydrogen) atoms. The van der Waals surface area contributed by atoms with Gasteiger partial charge >= 0.3 is 0 Å². The normalized spacial score (nSPS) is 17.1. The Morgan fingerprint density at radius 3 is 3.00 bits per heavy atom. The number of nitrogens with zero attached hydrogens (tertiary/aromatic N) is 2. The van der Waals surface area contributed by atoms with Gasteiger partial charge in [-0.2, -0.15) is 0 Å². The van der Waals surface area contributed by atoms with Crippen LogP contribution in [0.2, 0.25) is 0 Å². The van der Waals surface area contributed by atoms with Gasteiger partial charge < -0.3 is 0 Å². The summed E-state index contributed by atoms with van der Waals surface area (Å²) in [5, 5.41) is 1.87. The molecule has 1 aromatic heterocycles. The van der Waals surface area contributed by atoms with Crippen molar-refractivity contribution in [3.8, 4) is 0 Å². The van der Waals surface area contributed by atoms with Crippen molar-refractivity contribution < 1.29 is 4.84 Å². The van der Waals surface area contributed by atoms with Crippen LogP contribution in [0.1, 0.15) is 18.4 Å². The molecule has 0 unspecified atom stereocenters. The maximum absolute atomic E-state index is 5.53. The summed E-state index contributed by atoms with van der Waals surface area (Å²) in [6.07, 6.45) is 4.17. The fraction of sp³-hybridized carbons (Fsp3) is 0.500. The molecule has 4 heteroatoms. The third-order valence-corrected chi connectivity index (χ3v) is 2.78. The second-order valence-corrected chi connectivity index (χ2v) is 4.31. The van der Waals surface area contributed by atoms with Crippen molar-refractivity contribution in [3.63, 3.8) is 0 Å². The summed E-state index contributed by atoms with van der Waals surface area (Å²) in [4.78, 5) is 9.88. The van der Waals surface area contributed by atoms with Gasteiger partial charge in [0.15, 0.2) is 5.82 Å². The molecule has 1 aliphatic heterocycles. The van der Waals surface area contributed by atoms with Gasteiger partial charge in [0.1, 0.15) is 0 Å². The lowest BCUT2D eigenvalue weighted by atomic mass is 10.3. The standard InChI is InChI=1S/C10H13BrN2O/c1-8-6-9(11)10(12-7-8)13-4-2-3-5-14-13/h6-7H,2-5H2,1H3. The fourth-order valence-electron chi connectivity index (χ4n) is 1.47. The molecule has 0 radical (unpaired) electrons. The first-order chi connectivity index (χ1) is 6.77. The van der Waals surface area contributed by atoms with Crippen LogP contribution < -0.4 is 5.06 Å². The van der Waals surface area contributed by atoms with Crippen molar-refractivity contribution in [1.82, 2.24) is 4.98 Å². The van der Waals surface area contributed by atoms with Crippen LogP contribution in [0.3, 0.4) is 0 Å². The smallest absolute Gasteiger partial charge is 0.166 e. The molecule has 0 aromatic carbocycles. The zero-order valence-corrected chi connectivity index (χ0v) is 9.75. The zero-order valence-electron chi connectivity index (χ0n) is 8.16. The second-order valence-electron chi connectivity index (χ2n) is 3.46. The van der Waals surface area contributed by atoms with Crippen molar-refractivity contribution in [2.45, 2.75) is 19.8 Å². The third-order valence-electron chi connectivity index (χ3n) is 2.20. The monoisotopic (exact) mass is 256 g/mol. The van der Waals surface area contributed by atoms with Gasteiger partial charge in [0.2, 0.25) is 0 Å². The van der Waals surface area contributed by atoms with Crippen molar-refractivity contribution in [2.24, 2.45) is 0 Å². The summed E-state index contributed by atoms with van der Waals surface area (Å²) in [5.41, 5.74) is 1.15. The van der Waals surface area contributed by atoms with E-state index in [-0.39, 0.29) is 0 Å². The van der Waals surface area contributed by atoms with Crippen LogP contribution in [-0.2, 0) is 4.84 Å². The number of aromatic nitrogens is 1. The van der Waals surface area contributed by atoms with Gasteiger partial charge in [-0.3, -0.25) is 4.84 Å². The number of pyridine rings is 1. The maximum atomic E-state index is 5.53. The van der Waals surface area contributed by atoms with Crippen molar-refractivity contribution >= 4 is 21.7 Å². The summed E-state index contributed by atoms with van der Waals surface area (Å²) in [6, 6.07) is 2.06. The molecule has 1 aromatic rings. The summed E-state index contributed by atoms with van der Waals surface area (Å²) in [6.45, 7) is 3.75. The van der Waals surface area contributed by atoms with E-state index in [1.807, 2.05) is 18.2 Å². The van der Waals surface area contributed by atoms with Crippen molar-refractivity contribution in [2.75, 3.05) is 18.2 Å². The minimum absolute atomic E-state index is 0.794. The lowest BCUT2D eigenvalue weighted by molar-refractivity contribution is 0.0758. The number of aryl methyl sites for hydroxylation is 1. The zero-order chi connectivity index (χ0) is 9.97. The number of hydroxylamine groups is 1. The van der Waals surface area contributed by atoms with E-state index >= 15 is 0 Å². The molecule has 0 saturated carbocycles. The molecule has 1 fully saturated rings. The van der Waals surface area contributed by atoms with E-state index in [1.165, 1.54) is 6.42 Å². The minimum Gasteiger partial charge on any atom is -0.272 e. The van der Waals surface area contributed by atoms with Crippen LogP contribution >= 0.6 is 15.9 Å². The first kappa shape index (κ1) is 9.93. The van der Waals surface area contributed by atoms with E-state index in [4.69, 9.17) is 4.84 Å². The molecule has 2 heterocycles. The van der Waals surface area contributed by atoms with Crippen molar-refractivity contribution in [3.05, 3.63) is 22.3 Å². The number of rotatable bonds is 1. The average Bonchev–Trinajstić information content (AvgIpc) is 2.19. The lowest BCUT2D eigenvalue weighted by Crippen LogP contribution is -2.30. The molecule has 2 rings (SSSR count).